The number of carbonyl (C=O) groups is 1. The fourth-order valence-corrected chi connectivity index (χ4v) is 3.17. The molecule has 1 aliphatic rings. The van der Waals surface area contributed by atoms with Crippen molar-refractivity contribution in [3.05, 3.63) is 64.1 Å². The highest BCUT2D eigenvalue weighted by atomic mass is 16.2. The molecule has 5 nitrogen and oxygen atoms in total. The Morgan fingerprint density at radius 2 is 1.91 bits per heavy atom. The number of H-pyrrole nitrogens is 2. The Bertz CT molecular complexity index is 923. The van der Waals surface area contributed by atoms with Gasteiger partial charge in [-0.3, -0.25) is 4.79 Å². The van der Waals surface area contributed by atoms with Crippen molar-refractivity contribution >= 4 is 22.6 Å². The molecule has 3 aromatic rings. The van der Waals surface area contributed by atoms with Gasteiger partial charge in [0.05, 0.1) is 17.0 Å². The third-order valence-corrected chi connectivity index (χ3v) is 4.23. The third-order valence-electron chi connectivity index (χ3n) is 4.23. The molecule has 1 unspecified atom stereocenters. The molecule has 0 fully saturated rings. The highest BCUT2D eigenvalue weighted by Gasteiger charge is 2.28. The first-order valence-electron chi connectivity index (χ1n) is 7.31. The van der Waals surface area contributed by atoms with Crippen LogP contribution in [-0.4, -0.2) is 15.9 Å². The second-order valence-electron chi connectivity index (χ2n) is 5.62. The molecule has 0 saturated heterocycles. The molecule has 0 saturated carbocycles. The number of aryl methyl sites for hydroxylation is 1. The molecule has 22 heavy (non-hydrogen) atoms. The topological polar surface area (TPSA) is 77.8 Å². The molecule has 110 valence electrons. The van der Waals surface area contributed by atoms with Crippen LogP contribution in [0.2, 0.25) is 0 Å². The molecule has 5 heteroatoms. The highest BCUT2D eigenvalue weighted by Crippen LogP contribution is 2.33. The van der Waals surface area contributed by atoms with Crippen LogP contribution in [0.5, 0.6) is 0 Å². The fraction of sp³-hybridized carbons (Fsp3) is 0.176. The summed E-state index contributed by atoms with van der Waals surface area (Å²) in [7, 11) is 0. The number of aromatic nitrogens is 2. The molecular formula is C17H15N3O2. The molecule has 0 bridgehead atoms. The van der Waals surface area contributed by atoms with E-state index in [9.17, 15) is 9.59 Å². The van der Waals surface area contributed by atoms with Gasteiger partial charge in [0.15, 0.2) is 0 Å². The Labute approximate surface area is 126 Å². The lowest BCUT2D eigenvalue weighted by Gasteiger charge is -2.12. The maximum atomic E-state index is 12.5. The van der Waals surface area contributed by atoms with E-state index in [0.29, 0.717) is 11.2 Å². The van der Waals surface area contributed by atoms with E-state index in [-0.39, 0.29) is 17.5 Å². The first kappa shape index (κ1) is 12.9. The van der Waals surface area contributed by atoms with E-state index >= 15 is 0 Å². The summed E-state index contributed by atoms with van der Waals surface area (Å²) in [6.45, 7) is 0. The van der Waals surface area contributed by atoms with E-state index in [1.54, 1.807) is 18.2 Å². The second kappa shape index (κ2) is 4.87. The normalized spacial score (nSPS) is 16.6. The van der Waals surface area contributed by atoms with Crippen molar-refractivity contribution in [1.82, 2.24) is 9.97 Å². The van der Waals surface area contributed by atoms with Crippen LogP contribution in [0.1, 0.15) is 23.5 Å². The predicted molar refractivity (Wildman–Crippen MR) is 85.1 cm³/mol. The van der Waals surface area contributed by atoms with Gasteiger partial charge in [-0.25, -0.2) is 4.79 Å². The number of benzene rings is 2. The molecule has 1 aliphatic carbocycles. The van der Waals surface area contributed by atoms with Gasteiger partial charge in [0.1, 0.15) is 0 Å². The minimum absolute atomic E-state index is 0.00202. The lowest BCUT2D eigenvalue weighted by atomic mass is 10.0. The van der Waals surface area contributed by atoms with Crippen molar-refractivity contribution in [2.75, 3.05) is 5.32 Å². The van der Waals surface area contributed by atoms with Crippen LogP contribution >= 0.6 is 0 Å². The van der Waals surface area contributed by atoms with Gasteiger partial charge in [0, 0.05) is 5.69 Å². The van der Waals surface area contributed by atoms with Crippen LogP contribution in [0.4, 0.5) is 5.69 Å². The molecule has 0 radical (unpaired) electrons. The van der Waals surface area contributed by atoms with Crippen molar-refractivity contribution in [3.63, 3.8) is 0 Å². The highest BCUT2D eigenvalue weighted by molar-refractivity contribution is 5.97. The number of hydrogen-bond donors (Lipinski definition) is 3. The van der Waals surface area contributed by atoms with Gasteiger partial charge in [-0.05, 0) is 42.2 Å². The maximum absolute atomic E-state index is 12.5. The van der Waals surface area contributed by atoms with Gasteiger partial charge in [-0.15, -0.1) is 0 Å². The van der Waals surface area contributed by atoms with E-state index in [0.717, 1.165) is 23.9 Å². The monoisotopic (exact) mass is 293 g/mol. The van der Waals surface area contributed by atoms with Crippen LogP contribution in [0.15, 0.2) is 47.3 Å². The van der Waals surface area contributed by atoms with Crippen molar-refractivity contribution in [2.24, 2.45) is 0 Å². The number of hydrogen-bond acceptors (Lipinski definition) is 2. The van der Waals surface area contributed by atoms with Gasteiger partial charge in [0.2, 0.25) is 5.91 Å². The quantitative estimate of drug-likeness (QED) is 0.679. The third kappa shape index (κ3) is 2.11. The number of imidazole rings is 1. The molecule has 1 heterocycles. The number of nitrogens with one attached hydrogen (secondary N) is 3. The maximum Gasteiger partial charge on any atom is 0.323 e. The number of aromatic amines is 2. The zero-order chi connectivity index (χ0) is 15.1. The van der Waals surface area contributed by atoms with E-state index in [2.05, 4.69) is 21.4 Å². The molecule has 0 spiro atoms. The van der Waals surface area contributed by atoms with Crippen LogP contribution < -0.4 is 11.0 Å². The van der Waals surface area contributed by atoms with E-state index in [1.165, 1.54) is 5.56 Å². The zero-order valence-electron chi connectivity index (χ0n) is 11.8. The van der Waals surface area contributed by atoms with E-state index in [1.807, 2.05) is 18.2 Å². The summed E-state index contributed by atoms with van der Waals surface area (Å²) in [5, 5.41) is 2.95. The van der Waals surface area contributed by atoms with Crippen molar-refractivity contribution in [1.29, 1.82) is 0 Å². The number of anilines is 1. The lowest BCUT2D eigenvalue weighted by molar-refractivity contribution is -0.117. The molecule has 1 atom stereocenters. The van der Waals surface area contributed by atoms with Gasteiger partial charge in [-0.2, -0.15) is 0 Å². The predicted octanol–water partition coefficient (Wildman–Crippen LogP) is 2.52. The molecular weight excluding hydrogens is 278 g/mol. The summed E-state index contributed by atoms with van der Waals surface area (Å²) in [6, 6.07) is 13.4. The number of carbonyl (C=O) groups excluding carboxylic acids is 1. The van der Waals surface area contributed by atoms with Crippen LogP contribution in [0, 0.1) is 0 Å². The number of fused-ring (bicyclic) bond motifs is 2. The van der Waals surface area contributed by atoms with Gasteiger partial charge < -0.3 is 15.3 Å². The van der Waals surface area contributed by atoms with Crippen LogP contribution in [0.25, 0.3) is 11.0 Å². The lowest BCUT2D eigenvalue weighted by Crippen LogP contribution is -2.19. The van der Waals surface area contributed by atoms with Crippen molar-refractivity contribution < 1.29 is 4.79 Å². The Morgan fingerprint density at radius 1 is 1.09 bits per heavy atom. The van der Waals surface area contributed by atoms with Gasteiger partial charge in [0.25, 0.3) is 0 Å². The van der Waals surface area contributed by atoms with Crippen molar-refractivity contribution in [2.45, 2.75) is 18.8 Å². The zero-order valence-corrected chi connectivity index (χ0v) is 11.8. The molecule has 4 rings (SSSR count). The average Bonchev–Trinajstić information content (AvgIpc) is 3.09. The summed E-state index contributed by atoms with van der Waals surface area (Å²) >= 11 is 0. The Balaban J connectivity index is 1.60. The van der Waals surface area contributed by atoms with Crippen LogP contribution in [-0.2, 0) is 11.2 Å². The summed E-state index contributed by atoms with van der Waals surface area (Å²) in [5.74, 6) is -0.0978. The molecule has 0 aliphatic heterocycles. The first-order chi connectivity index (χ1) is 10.7. The fourth-order valence-electron chi connectivity index (χ4n) is 3.17. The molecule has 2 aromatic carbocycles. The Morgan fingerprint density at radius 3 is 2.82 bits per heavy atom. The largest absolute Gasteiger partial charge is 0.325 e. The van der Waals surface area contributed by atoms with Crippen LogP contribution in [0.3, 0.4) is 0 Å². The minimum atomic E-state index is -0.247. The molecule has 3 N–H and O–H groups in total. The summed E-state index contributed by atoms with van der Waals surface area (Å²) < 4.78 is 0. The smallest absolute Gasteiger partial charge is 0.323 e. The second-order valence-corrected chi connectivity index (χ2v) is 5.62. The average molecular weight is 293 g/mol. The van der Waals surface area contributed by atoms with Crippen molar-refractivity contribution in [3.8, 4) is 0 Å². The molecule has 1 aromatic heterocycles. The standard InChI is InChI=1S/C17H15N3O2/c21-16(13-7-5-10-3-1-2-4-12(10)13)18-11-6-8-14-15(9-11)20-17(22)19-14/h1-4,6,8-9,13H,5,7H2,(H,18,21)(H2,19,20,22). The van der Waals surface area contributed by atoms with E-state index in [4.69, 9.17) is 0 Å². The minimum Gasteiger partial charge on any atom is -0.325 e. The Hall–Kier alpha value is -2.82. The molecule has 1 amide bonds. The summed E-state index contributed by atoms with van der Waals surface area (Å²) in [6.07, 6.45) is 1.78. The van der Waals surface area contributed by atoms with Gasteiger partial charge >= 0.3 is 5.69 Å². The number of rotatable bonds is 2. The summed E-state index contributed by atoms with van der Waals surface area (Å²) in [4.78, 5) is 29.2. The Kier molecular flexibility index (Phi) is 2.85. The first-order valence-corrected chi connectivity index (χ1v) is 7.31. The number of amides is 1. The van der Waals surface area contributed by atoms with E-state index < -0.39 is 0 Å². The van der Waals surface area contributed by atoms with Gasteiger partial charge in [-0.1, -0.05) is 24.3 Å². The summed E-state index contributed by atoms with van der Waals surface area (Å²) in [5.41, 5.74) is 4.24. The SMILES string of the molecule is O=C(Nc1ccc2[nH]c(=O)[nH]c2c1)C1CCc2ccccc21.